The Labute approximate surface area is 119 Å². The minimum absolute atomic E-state index is 0.203. The highest BCUT2D eigenvalue weighted by molar-refractivity contribution is 7.89. The van der Waals surface area contributed by atoms with Gasteiger partial charge in [-0.15, -0.1) is 0 Å². The van der Waals surface area contributed by atoms with E-state index in [2.05, 4.69) is 0 Å². The minimum Gasteiger partial charge on any atom is -0.494 e. The van der Waals surface area contributed by atoms with E-state index in [1.807, 2.05) is 6.92 Å². The van der Waals surface area contributed by atoms with Crippen LogP contribution in [0.2, 0.25) is 0 Å². The molecule has 7 heteroatoms. The number of sulfonamides is 1. The first-order valence-electron chi connectivity index (χ1n) is 6.22. The van der Waals surface area contributed by atoms with Crippen LogP contribution in [0.15, 0.2) is 24.3 Å². The highest BCUT2D eigenvalue weighted by Crippen LogP contribution is 2.14. The van der Waals surface area contributed by atoms with E-state index in [1.54, 1.807) is 24.3 Å². The number of ether oxygens (including phenoxy) is 1. The van der Waals surface area contributed by atoms with Gasteiger partial charge in [0.2, 0.25) is 10.0 Å². The molecule has 112 valence electrons. The summed E-state index contributed by atoms with van der Waals surface area (Å²) < 4.78 is 30.2. The summed E-state index contributed by atoms with van der Waals surface area (Å²) in [5, 5.41) is 8.53. The second kappa shape index (κ2) is 7.25. The van der Waals surface area contributed by atoms with Crippen molar-refractivity contribution in [3.05, 3.63) is 29.8 Å². The van der Waals surface area contributed by atoms with Crippen LogP contribution in [0.25, 0.3) is 0 Å². The van der Waals surface area contributed by atoms with E-state index in [-0.39, 0.29) is 6.54 Å². The number of carbonyl (C=O) groups is 1. The Kier molecular flexibility index (Phi) is 5.97. The van der Waals surface area contributed by atoms with Crippen LogP contribution in [0, 0.1) is 0 Å². The molecular formula is C13H19NO5S. The molecule has 0 aliphatic rings. The quantitative estimate of drug-likeness (QED) is 0.783. The van der Waals surface area contributed by atoms with Gasteiger partial charge in [0, 0.05) is 13.6 Å². The summed E-state index contributed by atoms with van der Waals surface area (Å²) in [6.07, 6.45) is -0.393. The summed E-state index contributed by atoms with van der Waals surface area (Å²) in [6.45, 7) is 2.66. The zero-order valence-corrected chi connectivity index (χ0v) is 12.4. The summed E-state index contributed by atoms with van der Waals surface area (Å²) in [5.74, 6) is -0.786. The second-order valence-corrected chi connectivity index (χ2v) is 6.49. The van der Waals surface area contributed by atoms with E-state index in [0.29, 0.717) is 6.61 Å². The van der Waals surface area contributed by atoms with Gasteiger partial charge in [-0.3, -0.25) is 4.79 Å². The molecular weight excluding hydrogens is 282 g/mol. The van der Waals surface area contributed by atoms with Gasteiger partial charge in [-0.2, -0.15) is 0 Å². The fourth-order valence-electron chi connectivity index (χ4n) is 1.59. The van der Waals surface area contributed by atoms with Crippen molar-refractivity contribution < 1.29 is 23.1 Å². The normalized spacial score (nSPS) is 11.6. The monoisotopic (exact) mass is 301 g/mol. The van der Waals surface area contributed by atoms with Crippen LogP contribution in [0.5, 0.6) is 5.75 Å². The van der Waals surface area contributed by atoms with E-state index >= 15 is 0 Å². The summed E-state index contributed by atoms with van der Waals surface area (Å²) in [6, 6.07) is 7.12. The van der Waals surface area contributed by atoms with Gasteiger partial charge in [0.05, 0.1) is 18.8 Å². The van der Waals surface area contributed by atoms with Crippen LogP contribution in [0.4, 0.5) is 0 Å². The van der Waals surface area contributed by atoms with E-state index in [0.717, 1.165) is 15.6 Å². The molecule has 0 fully saturated rings. The smallest absolute Gasteiger partial charge is 0.304 e. The fourth-order valence-corrected chi connectivity index (χ4v) is 2.68. The van der Waals surface area contributed by atoms with Crippen LogP contribution in [0.3, 0.4) is 0 Å². The third kappa shape index (κ3) is 5.18. The van der Waals surface area contributed by atoms with Gasteiger partial charge < -0.3 is 9.84 Å². The van der Waals surface area contributed by atoms with Crippen LogP contribution >= 0.6 is 0 Å². The fraction of sp³-hybridized carbons (Fsp3) is 0.462. The maximum Gasteiger partial charge on any atom is 0.304 e. The van der Waals surface area contributed by atoms with Crippen LogP contribution < -0.4 is 4.74 Å². The van der Waals surface area contributed by atoms with Crippen LogP contribution in [-0.2, 0) is 21.4 Å². The number of rotatable bonds is 8. The molecule has 0 aromatic heterocycles. The molecule has 1 aromatic carbocycles. The Bertz CT molecular complexity index is 538. The average Bonchev–Trinajstić information content (AvgIpc) is 2.39. The number of nitrogens with zero attached hydrogens (tertiary/aromatic N) is 1. The van der Waals surface area contributed by atoms with Gasteiger partial charge in [-0.1, -0.05) is 12.1 Å². The molecule has 1 N–H and O–H groups in total. The molecule has 0 heterocycles. The third-order valence-electron chi connectivity index (χ3n) is 2.69. The Morgan fingerprint density at radius 2 is 1.90 bits per heavy atom. The molecule has 0 saturated heterocycles. The second-order valence-electron chi connectivity index (χ2n) is 4.29. The highest BCUT2D eigenvalue weighted by Gasteiger charge is 2.19. The molecule has 0 atom stereocenters. The number of hydrogen-bond donors (Lipinski definition) is 1. The summed E-state index contributed by atoms with van der Waals surface area (Å²) in [4.78, 5) is 10.4. The topological polar surface area (TPSA) is 83.9 Å². The molecule has 1 aromatic rings. The van der Waals surface area contributed by atoms with Crippen molar-refractivity contribution in [1.29, 1.82) is 0 Å². The lowest BCUT2D eigenvalue weighted by Gasteiger charge is -2.16. The van der Waals surface area contributed by atoms with Gasteiger partial charge in [-0.25, -0.2) is 12.7 Å². The van der Waals surface area contributed by atoms with Gasteiger partial charge in [0.1, 0.15) is 5.75 Å². The SMILES string of the molecule is CCOc1ccc(CN(C)S(=O)(=O)CCC(=O)O)cc1. The summed E-state index contributed by atoms with van der Waals surface area (Å²) >= 11 is 0. The third-order valence-corrected chi connectivity index (χ3v) is 4.49. The lowest BCUT2D eigenvalue weighted by molar-refractivity contribution is -0.136. The van der Waals surface area contributed by atoms with E-state index in [1.165, 1.54) is 7.05 Å². The standard InChI is InChI=1S/C13H19NO5S/c1-3-19-12-6-4-11(5-7-12)10-14(2)20(17,18)9-8-13(15)16/h4-7H,3,8-10H2,1-2H3,(H,15,16). The molecule has 1 rings (SSSR count). The molecule has 0 amide bonds. The zero-order valence-electron chi connectivity index (χ0n) is 11.6. The van der Waals surface area contributed by atoms with E-state index in [4.69, 9.17) is 9.84 Å². The molecule has 0 bridgehead atoms. The van der Waals surface area contributed by atoms with Crippen molar-refractivity contribution in [2.75, 3.05) is 19.4 Å². The van der Waals surface area contributed by atoms with Crippen molar-refractivity contribution >= 4 is 16.0 Å². The Balaban J connectivity index is 2.64. The largest absolute Gasteiger partial charge is 0.494 e. The molecule has 0 saturated carbocycles. The average molecular weight is 301 g/mol. The maximum absolute atomic E-state index is 11.8. The minimum atomic E-state index is -3.55. The number of carboxylic acids is 1. The maximum atomic E-state index is 11.8. The van der Waals surface area contributed by atoms with Crippen molar-refractivity contribution in [3.8, 4) is 5.75 Å². The number of aliphatic carboxylic acids is 1. The zero-order chi connectivity index (χ0) is 15.2. The molecule has 6 nitrogen and oxygen atoms in total. The van der Waals surface area contributed by atoms with E-state index in [9.17, 15) is 13.2 Å². The molecule has 0 spiro atoms. The highest BCUT2D eigenvalue weighted by atomic mass is 32.2. The molecule has 0 aliphatic heterocycles. The summed E-state index contributed by atoms with van der Waals surface area (Å²) in [5.41, 5.74) is 0.815. The van der Waals surface area contributed by atoms with Crippen molar-refractivity contribution in [2.45, 2.75) is 19.9 Å². The first kappa shape index (κ1) is 16.5. The molecule has 20 heavy (non-hydrogen) atoms. The number of hydrogen-bond acceptors (Lipinski definition) is 4. The van der Waals surface area contributed by atoms with Crippen molar-refractivity contribution in [1.82, 2.24) is 4.31 Å². The number of carboxylic acid groups (broad SMARTS) is 1. The van der Waals surface area contributed by atoms with Gasteiger partial charge in [-0.05, 0) is 24.6 Å². The first-order chi connectivity index (χ1) is 9.35. The van der Waals surface area contributed by atoms with Gasteiger partial charge in [0.15, 0.2) is 0 Å². The molecule has 0 radical (unpaired) electrons. The van der Waals surface area contributed by atoms with Gasteiger partial charge >= 0.3 is 5.97 Å². The molecule has 0 aliphatic carbocycles. The predicted octanol–water partition coefficient (Wildman–Crippen LogP) is 1.32. The van der Waals surface area contributed by atoms with E-state index < -0.39 is 28.2 Å². The summed E-state index contributed by atoms with van der Waals surface area (Å²) in [7, 11) is -2.11. The van der Waals surface area contributed by atoms with Crippen LogP contribution in [-0.4, -0.2) is 43.2 Å². The first-order valence-corrected chi connectivity index (χ1v) is 7.83. The lowest BCUT2D eigenvalue weighted by atomic mass is 10.2. The molecule has 0 unspecified atom stereocenters. The van der Waals surface area contributed by atoms with Gasteiger partial charge in [0.25, 0.3) is 0 Å². The lowest BCUT2D eigenvalue weighted by Crippen LogP contribution is -2.29. The van der Waals surface area contributed by atoms with Crippen molar-refractivity contribution in [2.24, 2.45) is 0 Å². The number of benzene rings is 1. The Morgan fingerprint density at radius 3 is 2.40 bits per heavy atom. The van der Waals surface area contributed by atoms with Crippen LogP contribution in [0.1, 0.15) is 18.9 Å². The Morgan fingerprint density at radius 1 is 1.30 bits per heavy atom. The predicted molar refractivity (Wildman–Crippen MR) is 75.1 cm³/mol. The Hall–Kier alpha value is -1.60. The van der Waals surface area contributed by atoms with Crippen molar-refractivity contribution in [3.63, 3.8) is 0 Å².